The summed E-state index contributed by atoms with van der Waals surface area (Å²) < 4.78 is 2.75. The average Bonchev–Trinajstić information content (AvgIpc) is 2.39. The Morgan fingerprint density at radius 1 is 1.25 bits per heavy atom. The van der Waals surface area contributed by atoms with Gasteiger partial charge in [0, 0.05) is 13.2 Å². The summed E-state index contributed by atoms with van der Waals surface area (Å²) in [5, 5.41) is 0. The van der Waals surface area contributed by atoms with Crippen LogP contribution in [0.3, 0.4) is 0 Å². The predicted molar refractivity (Wildman–Crippen MR) is 67.3 cm³/mol. The second-order valence-electron chi connectivity index (χ2n) is 3.17. The standard InChI is InChI=1S/C9H9I2N/c10-8-2-1-5-3-6(12)4-7(5)9(8)11/h1-2,6H,3-4,12H2. The molecule has 2 N–H and O–H groups in total. The maximum atomic E-state index is 5.90. The zero-order valence-electron chi connectivity index (χ0n) is 6.48. The summed E-state index contributed by atoms with van der Waals surface area (Å²) in [6.45, 7) is 0. The van der Waals surface area contributed by atoms with Crippen LogP contribution in [0.2, 0.25) is 0 Å². The fraction of sp³-hybridized carbons (Fsp3) is 0.333. The van der Waals surface area contributed by atoms with Gasteiger partial charge in [0.05, 0.1) is 0 Å². The molecule has 0 saturated carbocycles. The van der Waals surface area contributed by atoms with Crippen LogP contribution in [-0.2, 0) is 12.8 Å². The van der Waals surface area contributed by atoms with Gasteiger partial charge < -0.3 is 5.73 Å². The maximum absolute atomic E-state index is 5.90. The molecule has 3 heteroatoms. The highest BCUT2D eigenvalue weighted by atomic mass is 127. The Hall–Kier alpha value is 0.640. The van der Waals surface area contributed by atoms with Crippen molar-refractivity contribution < 1.29 is 0 Å². The van der Waals surface area contributed by atoms with Gasteiger partial charge in [0.15, 0.2) is 0 Å². The molecule has 0 heterocycles. The van der Waals surface area contributed by atoms with Crippen molar-refractivity contribution in [3.8, 4) is 0 Å². The molecule has 0 radical (unpaired) electrons. The third-order valence-electron chi connectivity index (χ3n) is 2.24. The molecule has 0 aromatic heterocycles. The largest absolute Gasteiger partial charge is 0.327 e. The van der Waals surface area contributed by atoms with Crippen LogP contribution in [0.15, 0.2) is 12.1 Å². The topological polar surface area (TPSA) is 26.0 Å². The van der Waals surface area contributed by atoms with Crippen LogP contribution < -0.4 is 5.73 Å². The molecule has 0 saturated heterocycles. The van der Waals surface area contributed by atoms with Gasteiger partial charge in [-0.05, 0) is 75.2 Å². The number of hydrogen-bond donors (Lipinski definition) is 1. The van der Waals surface area contributed by atoms with E-state index in [2.05, 4.69) is 57.3 Å². The van der Waals surface area contributed by atoms with Crippen LogP contribution in [0.4, 0.5) is 0 Å². The Bertz CT molecular complexity index is 323. The van der Waals surface area contributed by atoms with Gasteiger partial charge in [-0.15, -0.1) is 0 Å². The summed E-state index contributed by atoms with van der Waals surface area (Å²) in [6, 6.07) is 4.75. The van der Waals surface area contributed by atoms with E-state index < -0.39 is 0 Å². The van der Waals surface area contributed by atoms with E-state index in [9.17, 15) is 0 Å². The van der Waals surface area contributed by atoms with Crippen molar-refractivity contribution in [2.45, 2.75) is 18.9 Å². The highest BCUT2D eigenvalue weighted by molar-refractivity contribution is 14.1. The van der Waals surface area contributed by atoms with E-state index >= 15 is 0 Å². The molecule has 64 valence electrons. The van der Waals surface area contributed by atoms with Gasteiger partial charge in [-0.25, -0.2) is 0 Å². The Morgan fingerprint density at radius 2 is 2.00 bits per heavy atom. The fourth-order valence-corrected chi connectivity index (χ4v) is 2.91. The van der Waals surface area contributed by atoms with Gasteiger partial charge in [-0.2, -0.15) is 0 Å². The van der Waals surface area contributed by atoms with Gasteiger partial charge in [0.1, 0.15) is 0 Å². The van der Waals surface area contributed by atoms with Gasteiger partial charge in [-0.3, -0.25) is 0 Å². The van der Waals surface area contributed by atoms with Gasteiger partial charge >= 0.3 is 0 Å². The van der Waals surface area contributed by atoms with Crippen LogP contribution >= 0.6 is 45.2 Å². The van der Waals surface area contributed by atoms with E-state index in [1.165, 1.54) is 18.3 Å². The third-order valence-corrected chi connectivity index (χ3v) is 5.40. The fourth-order valence-electron chi connectivity index (χ4n) is 1.66. The van der Waals surface area contributed by atoms with Gasteiger partial charge in [0.25, 0.3) is 0 Å². The molecule has 0 spiro atoms. The van der Waals surface area contributed by atoms with Crippen LogP contribution in [0.1, 0.15) is 11.1 Å². The number of nitrogens with two attached hydrogens (primary N) is 1. The Kier molecular flexibility index (Phi) is 2.62. The molecule has 1 aliphatic rings. The lowest BCUT2D eigenvalue weighted by Crippen LogP contribution is -2.19. The molecular weight excluding hydrogens is 376 g/mol. The first-order valence-electron chi connectivity index (χ1n) is 3.90. The van der Waals surface area contributed by atoms with E-state index in [0.717, 1.165) is 12.8 Å². The van der Waals surface area contributed by atoms with Crippen molar-refractivity contribution in [2.75, 3.05) is 0 Å². The molecule has 1 aliphatic carbocycles. The molecule has 0 aliphatic heterocycles. The molecule has 0 bridgehead atoms. The van der Waals surface area contributed by atoms with Crippen molar-refractivity contribution in [2.24, 2.45) is 5.73 Å². The Labute approximate surface area is 99.4 Å². The Balaban J connectivity index is 2.54. The zero-order chi connectivity index (χ0) is 8.72. The Morgan fingerprint density at radius 3 is 2.75 bits per heavy atom. The zero-order valence-corrected chi connectivity index (χ0v) is 10.8. The quantitative estimate of drug-likeness (QED) is 0.682. The van der Waals surface area contributed by atoms with E-state index in [-0.39, 0.29) is 0 Å². The van der Waals surface area contributed by atoms with Crippen molar-refractivity contribution in [1.29, 1.82) is 0 Å². The second-order valence-corrected chi connectivity index (χ2v) is 5.41. The predicted octanol–water partition coefficient (Wildman–Crippen LogP) is 2.32. The second kappa shape index (κ2) is 3.42. The summed E-state index contributed by atoms with van der Waals surface area (Å²) in [6.07, 6.45) is 2.12. The highest BCUT2D eigenvalue weighted by Crippen LogP contribution is 2.29. The third kappa shape index (κ3) is 1.50. The summed E-state index contributed by atoms with van der Waals surface area (Å²) in [7, 11) is 0. The molecular formula is C9H9I2N. The van der Waals surface area contributed by atoms with E-state index in [0.29, 0.717) is 6.04 Å². The van der Waals surface area contributed by atoms with E-state index in [1.54, 1.807) is 0 Å². The molecule has 1 nitrogen and oxygen atoms in total. The smallest absolute Gasteiger partial charge is 0.0299 e. The molecule has 1 atom stereocenters. The number of halogens is 2. The number of fused-ring (bicyclic) bond motifs is 1. The van der Waals surface area contributed by atoms with E-state index in [1.807, 2.05) is 0 Å². The monoisotopic (exact) mass is 385 g/mol. The summed E-state index contributed by atoms with van der Waals surface area (Å²) in [5.74, 6) is 0. The van der Waals surface area contributed by atoms with Crippen LogP contribution in [0, 0.1) is 7.14 Å². The summed E-state index contributed by atoms with van der Waals surface area (Å²) in [4.78, 5) is 0. The van der Waals surface area contributed by atoms with Crippen molar-refractivity contribution in [3.63, 3.8) is 0 Å². The first-order chi connectivity index (χ1) is 5.68. The van der Waals surface area contributed by atoms with Crippen LogP contribution in [0.5, 0.6) is 0 Å². The number of hydrogen-bond acceptors (Lipinski definition) is 1. The van der Waals surface area contributed by atoms with Crippen molar-refractivity contribution in [3.05, 3.63) is 30.4 Å². The molecule has 12 heavy (non-hydrogen) atoms. The van der Waals surface area contributed by atoms with Crippen LogP contribution in [0.25, 0.3) is 0 Å². The molecule has 1 unspecified atom stereocenters. The summed E-state index contributed by atoms with van der Waals surface area (Å²) in [5.41, 5.74) is 8.83. The minimum absolute atomic E-state index is 0.353. The molecule has 2 rings (SSSR count). The number of benzene rings is 1. The first kappa shape index (κ1) is 9.21. The molecule has 0 amide bonds. The van der Waals surface area contributed by atoms with E-state index in [4.69, 9.17) is 5.73 Å². The lowest BCUT2D eigenvalue weighted by Gasteiger charge is -2.03. The highest BCUT2D eigenvalue weighted by Gasteiger charge is 2.20. The molecule has 0 fully saturated rings. The normalized spacial score (nSPS) is 21.1. The minimum atomic E-state index is 0.353. The van der Waals surface area contributed by atoms with Crippen molar-refractivity contribution in [1.82, 2.24) is 0 Å². The lowest BCUT2D eigenvalue weighted by atomic mass is 10.1. The number of rotatable bonds is 0. The molecule has 1 aromatic carbocycles. The maximum Gasteiger partial charge on any atom is 0.0299 e. The van der Waals surface area contributed by atoms with Crippen LogP contribution in [-0.4, -0.2) is 6.04 Å². The van der Waals surface area contributed by atoms with Gasteiger partial charge in [0.2, 0.25) is 0 Å². The molecule has 1 aromatic rings. The first-order valence-corrected chi connectivity index (χ1v) is 6.05. The minimum Gasteiger partial charge on any atom is -0.327 e. The van der Waals surface area contributed by atoms with Crippen molar-refractivity contribution >= 4 is 45.2 Å². The lowest BCUT2D eigenvalue weighted by molar-refractivity contribution is 0.720. The average molecular weight is 385 g/mol. The summed E-state index contributed by atoms with van der Waals surface area (Å²) >= 11 is 4.79. The SMILES string of the molecule is NC1Cc2ccc(I)c(I)c2C1. The van der Waals surface area contributed by atoms with Gasteiger partial charge in [-0.1, -0.05) is 6.07 Å².